The summed E-state index contributed by atoms with van der Waals surface area (Å²) in [4.78, 5) is 12.3. The number of amides is 1. The number of nitrogens with one attached hydrogen (secondary N) is 2. The van der Waals surface area contributed by atoms with Gasteiger partial charge in [-0.1, -0.05) is 49.7 Å². The maximum Gasteiger partial charge on any atom is 0.240 e. The maximum atomic E-state index is 12.3. The molecule has 2 N–H and O–H groups in total. The number of carbonyl (C=O) groups excluding carboxylic acids is 1. The zero-order chi connectivity index (χ0) is 20.0. The first-order valence-electron chi connectivity index (χ1n) is 8.83. The van der Waals surface area contributed by atoms with E-state index in [1.807, 2.05) is 32.9 Å². The SMILES string of the molecule is CC(C)c1ccc(S(=O)(=O)NCCC(=O)NC(C)c2cccc(Cl)c2)cc1. The molecule has 0 saturated carbocycles. The van der Waals surface area contributed by atoms with Crippen LogP contribution in [0.3, 0.4) is 0 Å². The number of hydrogen-bond donors (Lipinski definition) is 2. The molecule has 0 saturated heterocycles. The van der Waals surface area contributed by atoms with Gasteiger partial charge in [-0.3, -0.25) is 4.79 Å². The second kappa shape index (κ2) is 9.35. The van der Waals surface area contributed by atoms with Gasteiger partial charge in [0.2, 0.25) is 15.9 Å². The Hall–Kier alpha value is -1.89. The standard InChI is InChI=1S/C20H25ClN2O3S/c1-14(2)16-7-9-19(10-8-16)27(25,26)22-12-11-20(24)23-15(3)17-5-4-6-18(21)13-17/h4-10,13-15,22H,11-12H2,1-3H3,(H,23,24). The van der Waals surface area contributed by atoms with Crippen LogP contribution in [-0.2, 0) is 14.8 Å². The molecule has 1 amide bonds. The van der Waals surface area contributed by atoms with Gasteiger partial charge in [-0.25, -0.2) is 13.1 Å². The zero-order valence-corrected chi connectivity index (χ0v) is 17.3. The molecule has 0 aliphatic carbocycles. The van der Waals surface area contributed by atoms with E-state index in [4.69, 9.17) is 11.6 Å². The van der Waals surface area contributed by atoms with Crippen LogP contribution in [0, 0.1) is 0 Å². The number of rotatable bonds is 8. The normalized spacial score (nSPS) is 12.8. The molecule has 0 spiro atoms. The van der Waals surface area contributed by atoms with E-state index in [1.54, 1.807) is 36.4 Å². The summed E-state index contributed by atoms with van der Waals surface area (Å²) in [5.74, 6) is 0.0974. The zero-order valence-electron chi connectivity index (χ0n) is 15.7. The molecule has 0 heterocycles. The van der Waals surface area contributed by atoms with Crippen LogP contribution < -0.4 is 10.0 Å². The first-order valence-corrected chi connectivity index (χ1v) is 10.7. The largest absolute Gasteiger partial charge is 0.350 e. The van der Waals surface area contributed by atoms with Crippen molar-refractivity contribution in [3.63, 3.8) is 0 Å². The van der Waals surface area contributed by atoms with Gasteiger partial charge in [-0.15, -0.1) is 0 Å². The third-order valence-corrected chi connectivity index (χ3v) is 5.94. The number of benzene rings is 2. The fraction of sp³-hybridized carbons (Fsp3) is 0.350. The summed E-state index contributed by atoms with van der Waals surface area (Å²) < 4.78 is 27.1. The highest BCUT2D eigenvalue weighted by molar-refractivity contribution is 7.89. The Morgan fingerprint density at radius 2 is 1.70 bits per heavy atom. The summed E-state index contributed by atoms with van der Waals surface area (Å²) in [7, 11) is -3.63. The Bertz CT molecular complexity index is 880. The fourth-order valence-electron chi connectivity index (χ4n) is 2.59. The van der Waals surface area contributed by atoms with Crippen LogP contribution >= 0.6 is 11.6 Å². The summed E-state index contributed by atoms with van der Waals surface area (Å²) in [6, 6.07) is 13.8. The molecule has 0 aliphatic rings. The van der Waals surface area contributed by atoms with Crippen LogP contribution in [0.25, 0.3) is 0 Å². The number of halogens is 1. The average molecular weight is 409 g/mol. The monoisotopic (exact) mass is 408 g/mol. The van der Waals surface area contributed by atoms with E-state index in [-0.39, 0.29) is 29.8 Å². The van der Waals surface area contributed by atoms with Crippen molar-refractivity contribution in [3.05, 3.63) is 64.7 Å². The number of sulfonamides is 1. The summed E-state index contributed by atoms with van der Waals surface area (Å²) in [6.07, 6.45) is 0.0498. The summed E-state index contributed by atoms with van der Waals surface area (Å²) >= 11 is 5.96. The molecule has 5 nitrogen and oxygen atoms in total. The highest BCUT2D eigenvalue weighted by Crippen LogP contribution is 2.18. The summed E-state index contributed by atoms with van der Waals surface area (Å²) in [6.45, 7) is 5.97. The molecule has 1 atom stereocenters. The van der Waals surface area contributed by atoms with Crippen molar-refractivity contribution in [1.82, 2.24) is 10.0 Å². The topological polar surface area (TPSA) is 75.3 Å². The minimum atomic E-state index is -3.63. The number of carbonyl (C=O) groups is 1. The van der Waals surface area contributed by atoms with Crippen molar-refractivity contribution < 1.29 is 13.2 Å². The van der Waals surface area contributed by atoms with Crippen molar-refractivity contribution in [3.8, 4) is 0 Å². The lowest BCUT2D eigenvalue weighted by molar-refractivity contribution is -0.121. The highest BCUT2D eigenvalue weighted by Gasteiger charge is 2.15. The van der Waals surface area contributed by atoms with Crippen LogP contribution in [0.2, 0.25) is 5.02 Å². The van der Waals surface area contributed by atoms with Crippen molar-refractivity contribution >= 4 is 27.5 Å². The summed E-state index contributed by atoms with van der Waals surface area (Å²) in [5.41, 5.74) is 1.96. The minimum absolute atomic E-state index is 0.0301. The predicted octanol–water partition coefficient (Wildman–Crippen LogP) is 4.01. The Morgan fingerprint density at radius 3 is 2.30 bits per heavy atom. The lowest BCUT2D eigenvalue weighted by atomic mass is 10.0. The van der Waals surface area contributed by atoms with Gasteiger partial charge < -0.3 is 5.32 Å². The Kier molecular flexibility index (Phi) is 7.41. The lowest BCUT2D eigenvalue weighted by Crippen LogP contribution is -2.32. The molecule has 0 bridgehead atoms. The molecular weight excluding hydrogens is 384 g/mol. The van der Waals surface area contributed by atoms with E-state index in [2.05, 4.69) is 10.0 Å². The molecule has 1 unspecified atom stereocenters. The van der Waals surface area contributed by atoms with E-state index in [9.17, 15) is 13.2 Å². The van der Waals surface area contributed by atoms with Crippen LogP contribution in [0.1, 0.15) is 50.3 Å². The minimum Gasteiger partial charge on any atom is -0.350 e. The molecule has 7 heteroatoms. The molecule has 2 aromatic carbocycles. The fourth-order valence-corrected chi connectivity index (χ4v) is 3.82. The molecule has 2 aromatic rings. The van der Waals surface area contributed by atoms with Crippen LogP contribution in [0.4, 0.5) is 0 Å². The van der Waals surface area contributed by atoms with Crippen LogP contribution in [0.15, 0.2) is 53.4 Å². The van der Waals surface area contributed by atoms with Crippen molar-refractivity contribution in [2.75, 3.05) is 6.54 Å². The molecule has 27 heavy (non-hydrogen) atoms. The van der Waals surface area contributed by atoms with Crippen molar-refractivity contribution in [2.45, 2.75) is 44.0 Å². The molecule has 0 aromatic heterocycles. The molecule has 0 fully saturated rings. The molecular formula is C20H25ClN2O3S. The van der Waals surface area contributed by atoms with Crippen LogP contribution in [0.5, 0.6) is 0 Å². The van der Waals surface area contributed by atoms with Gasteiger partial charge in [0.25, 0.3) is 0 Å². The van der Waals surface area contributed by atoms with E-state index in [0.29, 0.717) is 10.9 Å². The summed E-state index contributed by atoms with van der Waals surface area (Å²) in [5, 5.41) is 3.44. The van der Waals surface area contributed by atoms with Gasteiger partial charge in [0.1, 0.15) is 0 Å². The third kappa shape index (κ3) is 6.34. The van der Waals surface area contributed by atoms with Crippen molar-refractivity contribution in [2.24, 2.45) is 0 Å². The molecule has 146 valence electrons. The maximum absolute atomic E-state index is 12.3. The average Bonchev–Trinajstić information content (AvgIpc) is 2.61. The second-order valence-corrected chi connectivity index (χ2v) is 8.92. The van der Waals surface area contributed by atoms with Gasteiger partial charge >= 0.3 is 0 Å². The van der Waals surface area contributed by atoms with E-state index < -0.39 is 10.0 Å². The van der Waals surface area contributed by atoms with E-state index in [1.165, 1.54) is 0 Å². The Morgan fingerprint density at radius 1 is 1.04 bits per heavy atom. The molecule has 0 radical (unpaired) electrons. The second-order valence-electron chi connectivity index (χ2n) is 6.72. The lowest BCUT2D eigenvalue weighted by Gasteiger charge is -2.15. The predicted molar refractivity (Wildman–Crippen MR) is 108 cm³/mol. The Balaban J connectivity index is 1.86. The number of hydrogen-bond acceptors (Lipinski definition) is 3. The van der Waals surface area contributed by atoms with Crippen molar-refractivity contribution in [1.29, 1.82) is 0 Å². The van der Waals surface area contributed by atoms with Crippen LogP contribution in [-0.4, -0.2) is 20.9 Å². The smallest absolute Gasteiger partial charge is 0.240 e. The first kappa shape index (κ1) is 21.4. The third-order valence-electron chi connectivity index (χ3n) is 4.23. The van der Waals surface area contributed by atoms with Gasteiger partial charge in [0.15, 0.2) is 0 Å². The van der Waals surface area contributed by atoms with Gasteiger partial charge in [0.05, 0.1) is 10.9 Å². The quantitative estimate of drug-likeness (QED) is 0.692. The van der Waals surface area contributed by atoms with E-state index >= 15 is 0 Å². The van der Waals surface area contributed by atoms with Gasteiger partial charge in [-0.05, 0) is 48.2 Å². The Labute approximate surface area is 166 Å². The van der Waals surface area contributed by atoms with Gasteiger partial charge in [-0.2, -0.15) is 0 Å². The molecule has 0 aliphatic heterocycles. The molecule has 2 rings (SSSR count). The van der Waals surface area contributed by atoms with Gasteiger partial charge in [0, 0.05) is 18.0 Å². The highest BCUT2D eigenvalue weighted by atomic mass is 35.5. The van der Waals surface area contributed by atoms with E-state index in [0.717, 1.165) is 11.1 Å². The first-order chi connectivity index (χ1) is 12.7.